The number of fused-ring (bicyclic) bond motifs is 1. The quantitative estimate of drug-likeness (QED) is 0.412. The third-order valence-corrected chi connectivity index (χ3v) is 4.09. The summed E-state index contributed by atoms with van der Waals surface area (Å²) < 4.78 is 2.05. The smallest absolute Gasteiger partial charge is 0.145 e. The average Bonchev–Trinajstić information content (AvgIpc) is 3.02. The first-order chi connectivity index (χ1) is 12.3. The van der Waals surface area contributed by atoms with Gasteiger partial charge in [0.05, 0.1) is 17.4 Å². The minimum atomic E-state index is 0.707. The highest BCUT2D eigenvalue weighted by atomic mass is 35.5. The van der Waals surface area contributed by atoms with E-state index in [1.165, 1.54) is 0 Å². The van der Waals surface area contributed by atoms with Gasteiger partial charge in [-0.15, -0.1) is 0 Å². The molecule has 2 heterocycles. The number of nitrogens with zero attached hydrogens (tertiary/aromatic N) is 3. The van der Waals surface area contributed by atoms with E-state index in [1.54, 1.807) is 6.21 Å². The van der Waals surface area contributed by atoms with Crippen LogP contribution in [0.1, 0.15) is 5.69 Å². The minimum Gasteiger partial charge on any atom is -0.299 e. The first kappa shape index (κ1) is 15.4. The maximum absolute atomic E-state index is 5.99. The van der Waals surface area contributed by atoms with Gasteiger partial charge in [-0.1, -0.05) is 35.9 Å². The zero-order chi connectivity index (χ0) is 17.1. The van der Waals surface area contributed by atoms with Gasteiger partial charge in [0.1, 0.15) is 11.5 Å². The normalized spacial score (nSPS) is 11.2. The second kappa shape index (κ2) is 6.79. The summed E-state index contributed by atoms with van der Waals surface area (Å²) in [4.78, 5) is 4.75. The van der Waals surface area contributed by atoms with Crippen LogP contribution in [0.5, 0.6) is 0 Å². The Balaban J connectivity index is 1.71. The molecule has 2 aromatic heterocycles. The molecular formula is C20H15ClN4. The Morgan fingerprint density at radius 1 is 0.920 bits per heavy atom. The van der Waals surface area contributed by atoms with Gasteiger partial charge in [0.2, 0.25) is 0 Å². The number of imidazole rings is 1. The standard InChI is InChI=1S/C20H15ClN4/c21-16-11-9-15(10-12-16)20-23-18(19-8-4-5-13-25(19)20)14-22-24-17-6-2-1-3-7-17/h1-14,24H/b22-14+. The second-order valence-corrected chi connectivity index (χ2v) is 5.96. The second-order valence-electron chi connectivity index (χ2n) is 5.52. The SMILES string of the molecule is Clc1ccc(-c2nc(/C=N/Nc3ccccc3)c3ccccn23)cc1. The van der Waals surface area contributed by atoms with Crippen molar-refractivity contribution in [3.63, 3.8) is 0 Å². The molecule has 2 aromatic carbocycles. The maximum Gasteiger partial charge on any atom is 0.145 e. The number of anilines is 1. The summed E-state index contributed by atoms with van der Waals surface area (Å²) in [5.74, 6) is 0.855. The number of rotatable bonds is 4. The molecule has 0 spiro atoms. The molecule has 0 saturated heterocycles. The average molecular weight is 347 g/mol. The van der Waals surface area contributed by atoms with Crippen LogP contribution in [0.4, 0.5) is 5.69 Å². The third kappa shape index (κ3) is 3.25. The van der Waals surface area contributed by atoms with Crippen molar-refractivity contribution in [3.05, 3.63) is 89.7 Å². The van der Waals surface area contributed by atoms with E-state index in [0.29, 0.717) is 5.02 Å². The molecule has 0 radical (unpaired) electrons. The van der Waals surface area contributed by atoms with Crippen molar-refractivity contribution in [3.8, 4) is 11.4 Å². The van der Waals surface area contributed by atoms with Crippen molar-refractivity contribution in [2.24, 2.45) is 5.10 Å². The fourth-order valence-electron chi connectivity index (χ4n) is 2.64. The van der Waals surface area contributed by atoms with Crippen molar-refractivity contribution in [2.75, 3.05) is 5.43 Å². The molecule has 0 fully saturated rings. The van der Waals surface area contributed by atoms with Crippen molar-refractivity contribution in [1.29, 1.82) is 0 Å². The number of nitrogens with one attached hydrogen (secondary N) is 1. The summed E-state index contributed by atoms with van der Waals surface area (Å²) in [5, 5.41) is 5.02. The van der Waals surface area contributed by atoms with Crippen molar-refractivity contribution in [2.45, 2.75) is 0 Å². The lowest BCUT2D eigenvalue weighted by molar-refractivity contribution is 1.16. The molecular weight excluding hydrogens is 332 g/mol. The van der Waals surface area contributed by atoms with E-state index in [0.717, 1.165) is 28.3 Å². The number of hydrazone groups is 1. The molecule has 0 bridgehead atoms. The van der Waals surface area contributed by atoms with Gasteiger partial charge in [-0.25, -0.2) is 4.98 Å². The predicted octanol–water partition coefficient (Wildman–Crippen LogP) is 5.10. The lowest BCUT2D eigenvalue weighted by atomic mass is 10.2. The monoisotopic (exact) mass is 346 g/mol. The summed E-state index contributed by atoms with van der Waals surface area (Å²) in [6.07, 6.45) is 3.73. The van der Waals surface area contributed by atoms with Crippen LogP contribution >= 0.6 is 11.6 Å². The summed E-state index contributed by atoms with van der Waals surface area (Å²) in [5.41, 5.74) is 6.74. The van der Waals surface area contributed by atoms with Gasteiger partial charge >= 0.3 is 0 Å². The van der Waals surface area contributed by atoms with Crippen LogP contribution in [-0.4, -0.2) is 15.6 Å². The molecule has 4 aromatic rings. The lowest BCUT2D eigenvalue weighted by Crippen LogP contribution is -1.91. The fraction of sp³-hybridized carbons (Fsp3) is 0. The van der Waals surface area contributed by atoms with Crippen molar-refractivity contribution < 1.29 is 0 Å². The number of hydrogen-bond donors (Lipinski definition) is 1. The Labute approximate surface area is 150 Å². The van der Waals surface area contributed by atoms with Crippen LogP contribution < -0.4 is 5.43 Å². The van der Waals surface area contributed by atoms with Gasteiger partial charge in [-0.05, 0) is 48.5 Å². The number of pyridine rings is 1. The summed E-state index contributed by atoms with van der Waals surface area (Å²) >= 11 is 5.99. The van der Waals surface area contributed by atoms with Gasteiger partial charge in [-0.3, -0.25) is 9.83 Å². The van der Waals surface area contributed by atoms with Gasteiger partial charge in [0.25, 0.3) is 0 Å². The highest BCUT2D eigenvalue weighted by molar-refractivity contribution is 6.30. The van der Waals surface area contributed by atoms with Crippen molar-refractivity contribution >= 4 is 29.0 Å². The highest BCUT2D eigenvalue weighted by Gasteiger charge is 2.10. The largest absolute Gasteiger partial charge is 0.299 e. The van der Waals surface area contributed by atoms with Crippen LogP contribution in [-0.2, 0) is 0 Å². The Morgan fingerprint density at radius 2 is 1.68 bits per heavy atom. The third-order valence-electron chi connectivity index (χ3n) is 3.83. The molecule has 0 aliphatic heterocycles. The van der Waals surface area contributed by atoms with Gasteiger partial charge in [0, 0.05) is 16.8 Å². The molecule has 0 aliphatic carbocycles. The molecule has 5 heteroatoms. The van der Waals surface area contributed by atoms with Crippen LogP contribution in [0.25, 0.3) is 16.9 Å². The van der Waals surface area contributed by atoms with Gasteiger partial charge < -0.3 is 0 Å². The van der Waals surface area contributed by atoms with E-state index < -0.39 is 0 Å². The van der Waals surface area contributed by atoms with Crippen LogP contribution in [0.2, 0.25) is 5.02 Å². The van der Waals surface area contributed by atoms with E-state index >= 15 is 0 Å². The molecule has 4 rings (SSSR count). The van der Waals surface area contributed by atoms with Crippen LogP contribution in [0.15, 0.2) is 84.1 Å². The highest BCUT2D eigenvalue weighted by Crippen LogP contribution is 2.23. The fourth-order valence-corrected chi connectivity index (χ4v) is 2.77. The first-order valence-corrected chi connectivity index (χ1v) is 8.26. The molecule has 0 unspecified atom stereocenters. The molecule has 0 atom stereocenters. The van der Waals surface area contributed by atoms with E-state index in [-0.39, 0.29) is 0 Å². The number of halogens is 1. The predicted molar refractivity (Wildman–Crippen MR) is 103 cm³/mol. The molecule has 122 valence electrons. The van der Waals surface area contributed by atoms with Crippen LogP contribution in [0.3, 0.4) is 0 Å². The Morgan fingerprint density at radius 3 is 2.48 bits per heavy atom. The van der Waals surface area contributed by atoms with E-state index in [2.05, 4.69) is 10.5 Å². The maximum atomic E-state index is 5.99. The summed E-state index contributed by atoms with van der Waals surface area (Å²) in [6.45, 7) is 0. The molecule has 1 N–H and O–H groups in total. The van der Waals surface area contributed by atoms with Crippen molar-refractivity contribution in [1.82, 2.24) is 9.38 Å². The number of aromatic nitrogens is 2. The minimum absolute atomic E-state index is 0.707. The van der Waals surface area contributed by atoms with Gasteiger partial charge in [0.15, 0.2) is 0 Å². The number of hydrogen-bond acceptors (Lipinski definition) is 3. The van der Waals surface area contributed by atoms with Gasteiger partial charge in [-0.2, -0.15) is 5.10 Å². The molecule has 25 heavy (non-hydrogen) atoms. The van der Waals surface area contributed by atoms with E-state index in [9.17, 15) is 0 Å². The zero-order valence-electron chi connectivity index (χ0n) is 13.3. The van der Waals surface area contributed by atoms with Crippen LogP contribution in [0, 0.1) is 0 Å². The Kier molecular flexibility index (Phi) is 4.19. The molecule has 0 amide bonds. The number of para-hydroxylation sites is 1. The zero-order valence-corrected chi connectivity index (χ0v) is 14.1. The summed E-state index contributed by atoms with van der Waals surface area (Å²) in [7, 11) is 0. The molecule has 0 saturated carbocycles. The number of benzene rings is 2. The Bertz CT molecular complexity index is 1020. The van der Waals surface area contributed by atoms with E-state index in [4.69, 9.17) is 16.6 Å². The Hall–Kier alpha value is -3.11. The summed E-state index contributed by atoms with van der Waals surface area (Å²) in [6, 6.07) is 23.5. The topological polar surface area (TPSA) is 41.7 Å². The molecule has 0 aliphatic rings. The van der Waals surface area contributed by atoms with E-state index in [1.807, 2.05) is 83.4 Å². The molecule has 4 nitrogen and oxygen atoms in total. The lowest BCUT2D eigenvalue weighted by Gasteiger charge is -2.00. The first-order valence-electron chi connectivity index (χ1n) is 7.88.